The lowest BCUT2D eigenvalue weighted by atomic mass is 10.1. The number of hydrogen-bond acceptors (Lipinski definition) is 4. The van der Waals surface area contributed by atoms with Crippen LogP contribution >= 0.6 is 0 Å². The predicted octanol–water partition coefficient (Wildman–Crippen LogP) is 1.70. The van der Waals surface area contributed by atoms with Gasteiger partial charge < -0.3 is 10.2 Å². The zero-order chi connectivity index (χ0) is 15.0. The Morgan fingerprint density at radius 3 is 2.86 bits per heavy atom. The summed E-state index contributed by atoms with van der Waals surface area (Å²) in [5.41, 5.74) is -0.512. The van der Waals surface area contributed by atoms with Gasteiger partial charge in [-0.25, -0.2) is 4.39 Å². The van der Waals surface area contributed by atoms with E-state index in [1.165, 1.54) is 6.07 Å². The molecule has 21 heavy (non-hydrogen) atoms. The molecule has 2 aliphatic heterocycles. The summed E-state index contributed by atoms with van der Waals surface area (Å²) in [5.74, 6) is -1.11. The van der Waals surface area contributed by atoms with Gasteiger partial charge in [0.2, 0.25) is 0 Å². The first kappa shape index (κ1) is 13.9. The number of nitro benzene ring substituents is 1. The number of fused-ring (bicyclic) bond motifs is 2. The first-order valence-electron chi connectivity index (χ1n) is 7.04. The Morgan fingerprint density at radius 2 is 2.10 bits per heavy atom. The number of hydrogen-bond donors (Lipinski definition) is 1. The van der Waals surface area contributed by atoms with Gasteiger partial charge in [-0.15, -0.1) is 0 Å². The van der Waals surface area contributed by atoms with Gasteiger partial charge in [0.1, 0.15) is 11.4 Å². The number of benzene rings is 1. The minimum absolute atomic E-state index is 0.0424. The maximum absolute atomic E-state index is 13.2. The van der Waals surface area contributed by atoms with Crippen molar-refractivity contribution in [2.24, 2.45) is 0 Å². The van der Waals surface area contributed by atoms with E-state index in [0.717, 1.165) is 31.4 Å². The third-order valence-corrected chi connectivity index (χ3v) is 4.20. The SMILES string of the molecule is O=C(c1ccc(F)cc1[N+](=O)[O-])N1CCC2CCC(C1)N2. The fourth-order valence-electron chi connectivity index (χ4n) is 3.13. The molecule has 3 rings (SSSR count). The summed E-state index contributed by atoms with van der Waals surface area (Å²) in [6.45, 7) is 1.12. The van der Waals surface area contributed by atoms with E-state index in [0.29, 0.717) is 19.1 Å². The number of amides is 1. The van der Waals surface area contributed by atoms with Crippen LogP contribution in [0.4, 0.5) is 10.1 Å². The van der Waals surface area contributed by atoms with Gasteiger partial charge in [-0.2, -0.15) is 0 Å². The highest BCUT2D eigenvalue weighted by atomic mass is 19.1. The van der Waals surface area contributed by atoms with Gasteiger partial charge in [0.15, 0.2) is 0 Å². The lowest BCUT2D eigenvalue weighted by Gasteiger charge is -2.24. The summed E-state index contributed by atoms with van der Waals surface area (Å²) in [4.78, 5) is 24.5. The highest BCUT2D eigenvalue weighted by Gasteiger charge is 2.33. The number of carbonyl (C=O) groups excluding carboxylic acids is 1. The van der Waals surface area contributed by atoms with E-state index < -0.39 is 22.3 Å². The first-order valence-corrected chi connectivity index (χ1v) is 7.04. The monoisotopic (exact) mass is 293 g/mol. The van der Waals surface area contributed by atoms with Gasteiger partial charge in [0, 0.05) is 25.2 Å². The zero-order valence-corrected chi connectivity index (χ0v) is 11.4. The normalized spacial score (nSPS) is 24.7. The van der Waals surface area contributed by atoms with Crippen molar-refractivity contribution in [1.29, 1.82) is 0 Å². The molecule has 1 amide bonds. The molecule has 0 saturated carbocycles. The molecule has 0 spiro atoms. The molecule has 0 aliphatic carbocycles. The molecule has 1 aromatic rings. The molecule has 6 nitrogen and oxygen atoms in total. The van der Waals surface area contributed by atoms with Crippen molar-refractivity contribution < 1.29 is 14.1 Å². The van der Waals surface area contributed by atoms with Crippen molar-refractivity contribution in [2.45, 2.75) is 31.3 Å². The lowest BCUT2D eigenvalue weighted by Crippen LogP contribution is -2.39. The minimum Gasteiger partial charge on any atom is -0.337 e. The van der Waals surface area contributed by atoms with Crippen molar-refractivity contribution in [3.05, 3.63) is 39.7 Å². The zero-order valence-electron chi connectivity index (χ0n) is 11.4. The molecule has 2 saturated heterocycles. The van der Waals surface area contributed by atoms with E-state index in [1.807, 2.05) is 0 Å². The summed E-state index contributed by atoms with van der Waals surface area (Å²) in [5, 5.41) is 14.5. The minimum atomic E-state index is -0.713. The van der Waals surface area contributed by atoms with Crippen molar-refractivity contribution in [3.63, 3.8) is 0 Å². The quantitative estimate of drug-likeness (QED) is 0.665. The van der Waals surface area contributed by atoms with Crippen molar-refractivity contribution in [3.8, 4) is 0 Å². The maximum atomic E-state index is 13.2. The fourth-order valence-corrected chi connectivity index (χ4v) is 3.13. The van der Waals surface area contributed by atoms with Crippen LogP contribution in [0.3, 0.4) is 0 Å². The number of likely N-dealkylation sites (tertiary alicyclic amines) is 1. The van der Waals surface area contributed by atoms with E-state index >= 15 is 0 Å². The number of nitrogens with zero attached hydrogens (tertiary/aromatic N) is 2. The number of carbonyl (C=O) groups is 1. The van der Waals surface area contributed by atoms with Crippen molar-refractivity contribution in [2.75, 3.05) is 13.1 Å². The molecular formula is C14H16FN3O3. The van der Waals surface area contributed by atoms with E-state index in [1.54, 1.807) is 4.90 Å². The van der Waals surface area contributed by atoms with Crippen LogP contribution in [0.1, 0.15) is 29.6 Å². The Kier molecular flexibility index (Phi) is 3.59. The molecule has 1 N–H and O–H groups in total. The topological polar surface area (TPSA) is 75.5 Å². The molecule has 0 radical (unpaired) electrons. The maximum Gasteiger partial charge on any atom is 0.285 e. The summed E-state index contributed by atoms with van der Waals surface area (Å²) in [7, 11) is 0. The third-order valence-electron chi connectivity index (χ3n) is 4.20. The van der Waals surface area contributed by atoms with E-state index in [4.69, 9.17) is 0 Å². The Labute approximate surface area is 121 Å². The average Bonchev–Trinajstić information content (AvgIpc) is 2.77. The second-order valence-corrected chi connectivity index (χ2v) is 5.60. The first-order chi connectivity index (χ1) is 10.0. The number of halogens is 1. The number of nitro groups is 1. The van der Waals surface area contributed by atoms with Crippen LogP contribution in [0.5, 0.6) is 0 Å². The smallest absolute Gasteiger partial charge is 0.285 e. The molecule has 2 bridgehead atoms. The van der Waals surface area contributed by atoms with Gasteiger partial charge in [-0.1, -0.05) is 0 Å². The Bertz CT molecular complexity index is 593. The van der Waals surface area contributed by atoms with Gasteiger partial charge in [0.05, 0.1) is 11.0 Å². The van der Waals surface area contributed by atoms with Gasteiger partial charge in [-0.05, 0) is 31.4 Å². The van der Waals surface area contributed by atoms with Crippen LogP contribution in [0.25, 0.3) is 0 Å². The van der Waals surface area contributed by atoms with Crippen LogP contribution in [0.15, 0.2) is 18.2 Å². The van der Waals surface area contributed by atoms with E-state index in [9.17, 15) is 19.3 Å². The lowest BCUT2D eigenvalue weighted by molar-refractivity contribution is -0.385. The molecule has 2 atom stereocenters. The second kappa shape index (κ2) is 5.40. The van der Waals surface area contributed by atoms with Crippen LogP contribution in [0, 0.1) is 15.9 Å². The van der Waals surface area contributed by atoms with Crippen LogP contribution in [-0.4, -0.2) is 40.9 Å². The largest absolute Gasteiger partial charge is 0.337 e. The summed E-state index contributed by atoms with van der Waals surface area (Å²) < 4.78 is 13.2. The molecule has 112 valence electrons. The Morgan fingerprint density at radius 1 is 1.33 bits per heavy atom. The summed E-state index contributed by atoms with van der Waals surface area (Å²) in [6, 6.07) is 3.77. The van der Waals surface area contributed by atoms with E-state index in [-0.39, 0.29) is 11.6 Å². The molecule has 2 heterocycles. The number of rotatable bonds is 2. The van der Waals surface area contributed by atoms with Crippen molar-refractivity contribution in [1.82, 2.24) is 10.2 Å². The van der Waals surface area contributed by atoms with Crippen LogP contribution < -0.4 is 5.32 Å². The Hall–Kier alpha value is -2.02. The van der Waals surface area contributed by atoms with Crippen molar-refractivity contribution >= 4 is 11.6 Å². The number of nitrogens with one attached hydrogen (secondary N) is 1. The van der Waals surface area contributed by atoms with E-state index in [2.05, 4.69) is 5.32 Å². The highest BCUT2D eigenvalue weighted by molar-refractivity contribution is 5.98. The molecular weight excluding hydrogens is 277 g/mol. The standard InChI is InChI=1S/C14H16FN3O3/c15-9-1-4-12(13(7-9)18(20)21)14(19)17-6-5-10-2-3-11(8-17)16-10/h1,4,7,10-11,16H,2-3,5-6,8H2. The van der Waals surface area contributed by atoms with Crippen LogP contribution in [-0.2, 0) is 0 Å². The molecule has 2 aliphatic rings. The third kappa shape index (κ3) is 2.73. The van der Waals surface area contributed by atoms with Gasteiger partial charge in [-0.3, -0.25) is 14.9 Å². The highest BCUT2D eigenvalue weighted by Crippen LogP contribution is 2.25. The molecule has 2 unspecified atom stereocenters. The molecule has 2 fully saturated rings. The van der Waals surface area contributed by atoms with Gasteiger partial charge >= 0.3 is 0 Å². The molecule has 1 aromatic carbocycles. The Balaban J connectivity index is 1.86. The average molecular weight is 293 g/mol. The molecule has 0 aromatic heterocycles. The predicted molar refractivity (Wildman–Crippen MR) is 73.5 cm³/mol. The van der Waals surface area contributed by atoms with Gasteiger partial charge in [0.25, 0.3) is 11.6 Å². The fraction of sp³-hybridized carbons (Fsp3) is 0.500. The summed E-state index contributed by atoms with van der Waals surface area (Å²) >= 11 is 0. The molecule has 7 heteroatoms. The second-order valence-electron chi connectivity index (χ2n) is 5.60. The summed E-state index contributed by atoms with van der Waals surface area (Å²) in [6.07, 6.45) is 2.97. The van der Waals surface area contributed by atoms with Crippen LogP contribution in [0.2, 0.25) is 0 Å².